The standard InChI is InChI=1S/C15H15BrFN3/c1-20(9-11-4-2-3-5-12(11)17)14-8-13(16)18-15(19-14)10-6-7-10/h2-5,8,10H,6-7,9H2,1H3. The van der Waals surface area contributed by atoms with Crippen LogP contribution in [0.4, 0.5) is 10.2 Å². The molecular formula is C15H15BrFN3. The Bertz CT molecular complexity index is 628. The van der Waals surface area contributed by atoms with Crippen LogP contribution in [0.1, 0.15) is 30.1 Å². The van der Waals surface area contributed by atoms with E-state index in [1.807, 2.05) is 24.1 Å². The molecule has 1 heterocycles. The summed E-state index contributed by atoms with van der Waals surface area (Å²) in [4.78, 5) is 10.9. The first-order chi connectivity index (χ1) is 9.63. The maximum absolute atomic E-state index is 13.7. The fraction of sp³-hybridized carbons (Fsp3) is 0.333. The number of rotatable bonds is 4. The van der Waals surface area contributed by atoms with Gasteiger partial charge in [0.1, 0.15) is 22.1 Å². The van der Waals surface area contributed by atoms with E-state index in [1.54, 1.807) is 12.1 Å². The van der Waals surface area contributed by atoms with E-state index < -0.39 is 0 Å². The Kier molecular flexibility index (Phi) is 3.70. The van der Waals surface area contributed by atoms with Crippen molar-refractivity contribution in [3.05, 3.63) is 52.1 Å². The highest BCUT2D eigenvalue weighted by Gasteiger charge is 2.27. The summed E-state index contributed by atoms with van der Waals surface area (Å²) in [5.41, 5.74) is 0.665. The monoisotopic (exact) mass is 335 g/mol. The third kappa shape index (κ3) is 2.98. The van der Waals surface area contributed by atoms with Crippen molar-refractivity contribution in [3.8, 4) is 0 Å². The van der Waals surface area contributed by atoms with Crippen LogP contribution in [0.2, 0.25) is 0 Å². The molecule has 5 heteroatoms. The van der Waals surface area contributed by atoms with E-state index in [1.165, 1.54) is 6.07 Å². The second kappa shape index (κ2) is 5.48. The van der Waals surface area contributed by atoms with Crippen LogP contribution in [-0.2, 0) is 6.54 Å². The molecule has 3 nitrogen and oxygen atoms in total. The first-order valence-electron chi connectivity index (χ1n) is 6.62. The second-order valence-electron chi connectivity index (χ2n) is 5.13. The van der Waals surface area contributed by atoms with Crippen molar-refractivity contribution >= 4 is 21.7 Å². The van der Waals surface area contributed by atoms with Crippen LogP contribution in [0, 0.1) is 5.82 Å². The summed E-state index contributed by atoms with van der Waals surface area (Å²) in [6.45, 7) is 0.486. The summed E-state index contributed by atoms with van der Waals surface area (Å²) in [5.74, 6) is 2.01. The van der Waals surface area contributed by atoms with E-state index in [9.17, 15) is 4.39 Å². The average Bonchev–Trinajstić information content (AvgIpc) is 3.25. The second-order valence-corrected chi connectivity index (χ2v) is 5.94. The van der Waals surface area contributed by atoms with Crippen LogP contribution in [0.5, 0.6) is 0 Å². The van der Waals surface area contributed by atoms with Crippen LogP contribution >= 0.6 is 15.9 Å². The zero-order chi connectivity index (χ0) is 14.1. The van der Waals surface area contributed by atoms with Gasteiger partial charge in [-0.3, -0.25) is 0 Å². The van der Waals surface area contributed by atoms with E-state index in [4.69, 9.17) is 0 Å². The van der Waals surface area contributed by atoms with E-state index in [0.717, 1.165) is 29.1 Å². The molecular weight excluding hydrogens is 321 g/mol. The van der Waals surface area contributed by atoms with E-state index in [0.29, 0.717) is 18.0 Å². The molecule has 1 aromatic heterocycles. The number of hydrogen-bond acceptors (Lipinski definition) is 3. The number of hydrogen-bond donors (Lipinski definition) is 0. The molecule has 3 rings (SSSR count). The van der Waals surface area contributed by atoms with Gasteiger partial charge in [-0.1, -0.05) is 18.2 Å². The zero-order valence-electron chi connectivity index (χ0n) is 11.2. The highest BCUT2D eigenvalue weighted by atomic mass is 79.9. The van der Waals surface area contributed by atoms with Gasteiger partial charge in [0.05, 0.1) is 0 Å². The van der Waals surface area contributed by atoms with Gasteiger partial charge in [-0.25, -0.2) is 14.4 Å². The molecule has 0 radical (unpaired) electrons. The quantitative estimate of drug-likeness (QED) is 0.793. The third-order valence-electron chi connectivity index (χ3n) is 3.40. The van der Waals surface area contributed by atoms with Crippen LogP contribution in [-0.4, -0.2) is 17.0 Å². The third-order valence-corrected chi connectivity index (χ3v) is 3.80. The van der Waals surface area contributed by atoms with Crippen molar-refractivity contribution in [2.75, 3.05) is 11.9 Å². The van der Waals surface area contributed by atoms with Gasteiger partial charge >= 0.3 is 0 Å². The minimum absolute atomic E-state index is 0.185. The van der Waals surface area contributed by atoms with Gasteiger partial charge in [0.15, 0.2) is 0 Å². The molecule has 1 aliphatic rings. The Morgan fingerprint density at radius 2 is 2.05 bits per heavy atom. The first kappa shape index (κ1) is 13.5. The SMILES string of the molecule is CN(Cc1ccccc1F)c1cc(Br)nc(C2CC2)n1. The average molecular weight is 336 g/mol. The number of nitrogens with zero attached hydrogens (tertiary/aromatic N) is 3. The van der Waals surface area contributed by atoms with Gasteiger partial charge in [0, 0.05) is 31.1 Å². The summed E-state index contributed by atoms with van der Waals surface area (Å²) in [6, 6.07) is 8.69. The zero-order valence-corrected chi connectivity index (χ0v) is 12.8. The maximum atomic E-state index is 13.7. The first-order valence-corrected chi connectivity index (χ1v) is 7.42. The number of aromatic nitrogens is 2. The van der Waals surface area contributed by atoms with Crippen LogP contribution in [0.15, 0.2) is 34.9 Å². The van der Waals surface area contributed by atoms with Gasteiger partial charge in [0.2, 0.25) is 0 Å². The molecule has 1 aromatic carbocycles. The van der Waals surface area contributed by atoms with Crippen molar-refractivity contribution in [2.24, 2.45) is 0 Å². The highest BCUT2D eigenvalue weighted by molar-refractivity contribution is 9.10. The van der Waals surface area contributed by atoms with Crippen LogP contribution in [0.25, 0.3) is 0 Å². The Morgan fingerprint density at radius 1 is 1.30 bits per heavy atom. The normalized spacial score (nSPS) is 14.3. The molecule has 1 saturated carbocycles. The van der Waals surface area contributed by atoms with Gasteiger partial charge in [-0.05, 0) is 34.8 Å². The van der Waals surface area contributed by atoms with Crippen molar-refractivity contribution in [1.82, 2.24) is 9.97 Å². The predicted molar refractivity (Wildman–Crippen MR) is 80.2 cm³/mol. The van der Waals surface area contributed by atoms with Gasteiger partial charge < -0.3 is 4.90 Å². The van der Waals surface area contributed by atoms with Crippen molar-refractivity contribution in [3.63, 3.8) is 0 Å². The Hall–Kier alpha value is -1.49. The molecule has 0 atom stereocenters. The molecule has 0 spiro atoms. The maximum Gasteiger partial charge on any atom is 0.135 e. The smallest absolute Gasteiger partial charge is 0.135 e. The van der Waals surface area contributed by atoms with Crippen molar-refractivity contribution < 1.29 is 4.39 Å². The Balaban J connectivity index is 1.83. The number of halogens is 2. The largest absolute Gasteiger partial charge is 0.355 e. The molecule has 0 aliphatic heterocycles. The topological polar surface area (TPSA) is 29.0 Å². The fourth-order valence-electron chi connectivity index (χ4n) is 2.11. The minimum Gasteiger partial charge on any atom is -0.355 e. The van der Waals surface area contributed by atoms with Gasteiger partial charge in [-0.2, -0.15) is 0 Å². The molecule has 0 unspecified atom stereocenters. The summed E-state index contributed by atoms with van der Waals surface area (Å²) >= 11 is 3.43. The fourth-order valence-corrected chi connectivity index (χ4v) is 2.49. The summed E-state index contributed by atoms with van der Waals surface area (Å²) < 4.78 is 14.5. The summed E-state index contributed by atoms with van der Waals surface area (Å²) in [6.07, 6.45) is 2.32. The molecule has 0 N–H and O–H groups in total. The minimum atomic E-state index is -0.185. The molecule has 104 valence electrons. The molecule has 0 bridgehead atoms. The van der Waals surface area contributed by atoms with Crippen molar-refractivity contribution in [2.45, 2.75) is 25.3 Å². The van der Waals surface area contributed by atoms with Gasteiger partial charge in [-0.15, -0.1) is 0 Å². The lowest BCUT2D eigenvalue weighted by Crippen LogP contribution is -2.19. The van der Waals surface area contributed by atoms with Crippen LogP contribution < -0.4 is 4.90 Å². The lowest BCUT2D eigenvalue weighted by molar-refractivity contribution is 0.607. The summed E-state index contributed by atoms with van der Waals surface area (Å²) in [7, 11) is 1.91. The highest BCUT2D eigenvalue weighted by Crippen LogP contribution is 2.39. The van der Waals surface area contributed by atoms with E-state index >= 15 is 0 Å². The predicted octanol–water partition coefficient (Wildman–Crippen LogP) is 3.89. The molecule has 0 amide bonds. The number of benzene rings is 1. The Morgan fingerprint density at radius 3 is 2.75 bits per heavy atom. The molecule has 20 heavy (non-hydrogen) atoms. The lowest BCUT2D eigenvalue weighted by Gasteiger charge is -2.19. The summed E-state index contributed by atoms with van der Waals surface area (Å²) in [5, 5.41) is 0. The Labute approximate surface area is 126 Å². The molecule has 2 aromatic rings. The van der Waals surface area contributed by atoms with Gasteiger partial charge in [0.25, 0.3) is 0 Å². The van der Waals surface area contributed by atoms with E-state index in [-0.39, 0.29) is 5.82 Å². The van der Waals surface area contributed by atoms with Crippen molar-refractivity contribution in [1.29, 1.82) is 0 Å². The molecule has 0 saturated heterocycles. The lowest BCUT2D eigenvalue weighted by atomic mass is 10.2. The molecule has 1 fully saturated rings. The number of anilines is 1. The molecule has 1 aliphatic carbocycles. The van der Waals surface area contributed by atoms with E-state index in [2.05, 4.69) is 25.9 Å². The van der Waals surface area contributed by atoms with Crippen LogP contribution in [0.3, 0.4) is 0 Å².